The maximum atomic E-state index is 13.4. The van der Waals surface area contributed by atoms with Crippen molar-refractivity contribution in [3.05, 3.63) is 94.6 Å². The molecule has 2 aliphatic rings. The maximum absolute atomic E-state index is 13.4. The van der Waals surface area contributed by atoms with Crippen molar-refractivity contribution in [2.24, 2.45) is 5.92 Å². The number of furan rings is 1. The van der Waals surface area contributed by atoms with Crippen molar-refractivity contribution in [2.75, 3.05) is 10.6 Å². The topological polar surface area (TPSA) is 92.4 Å². The van der Waals surface area contributed by atoms with Gasteiger partial charge in [-0.25, -0.2) is 9.48 Å². The summed E-state index contributed by atoms with van der Waals surface area (Å²) in [6, 6.07) is 20.2. The molecule has 2 atom stereocenters. The van der Waals surface area contributed by atoms with Gasteiger partial charge in [0.2, 0.25) is 0 Å². The van der Waals surface area contributed by atoms with Crippen LogP contribution in [-0.4, -0.2) is 38.7 Å². The average Bonchev–Trinajstić information content (AvgIpc) is 3.61. The Morgan fingerprint density at radius 1 is 0.932 bits per heavy atom. The zero-order valence-electron chi connectivity index (χ0n) is 26.6. The number of urea groups is 1. The van der Waals surface area contributed by atoms with E-state index in [0.29, 0.717) is 23.1 Å². The molecule has 2 N–H and O–H groups in total. The van der Waals surface area contributed by atoms with Gasteiger partial charge < -0.3 is 14.6 Å². The van der Waals surface area contributed by atoms with Gasteiger partial charge in [0.05, 0.1) is 16.9 Å². The van der Waals surface area contributed by atoms with Gasteiger partial charge in [-0.15, -0.1) is 0 Å². The molecule has 8 nitrogen and oxygen atoms in total. The molecule has 0 radical (unpaired) electrons. The number of nitrogens with zero attached hydrogens (tertiary/aromatic N) is 3. The molecule has 2 aromatic heterocycles. The molecule has 0 spiro atoms. The van der Waals surface area contributed by atoms with Gasteiger partial charge in [0.1, 0.15) is 17.3 Å². The SMILES string of the molecule is Cc1ccc(-n2nc(C(C)(C)C)cc2NC(=O)Nc2cccc(CC3CC4CCC(C3)N4C(=O)c3cc(C)oc3C)c2)cc1. The number of carbonyl (C=O) groups is 2. The minimum absolute atomic E-state index is 0.112. The van der Waals surface area contributed by atoms with Gasteiger partial charge >= 0.3 is 6.03 Å². The highest BCUT2D eigenvalue weighted by Gasteiger charge is 2.44. The number of amides is 3. The Labute approximate surface area is 259 Å². The predicted molar refractivity (Wildman–Crippen MR) is 174 cm³/mol. The molecule has 8 heteroatoms. The molecule has 44 heavy (non-hydrogen) atoms. The van der Waals surface area contributed by atoms with Crippen LogP contribution in [0.25, 0.3) is 5.69 Å². The minimum Gasteiger partial charge on any atom is -0.466 e. The second-order valence-corrected chi connectivity index (χ2v) is 13.7. The van der Waals surface area contributed by atoms with Crippen LogP contribution in [0.4, 0.5) is 16.3 Å². The van der Waals surface area contributed by atoms with Gasteiger partial charge in [0.15, 0.2) is 0 Å². The molecule has 0 saturated carbocycles. The smallest absolute Gasteiger partial charge is 0.324 e. The fourth-order valence-electron chi connectivity index (χ4n) is 6.88. The molecular weight excluding hydrogens is 550 g/mol. The minimum atomic E-state index is -0.314. The first kappa shape index (κ1) is 29.7. The Kier molecular flexibility index (Phi) is 7.86. The lowest BCUT2D eigenvalue weighted by Crippen LogP contribution is -2.47. The number of piperidine rings is 1. The Bertz CT molecular complexity index is 1660. The van der Waals surface area contributed by atoms with Crippen LogP contribution in [-0.2, 0) is 11.8 Å². The molecule has 3 amide bonds. The number of aryl methyl sites for hydroxylation is 3. The van der Waals surface area contributed by atoms with Gasteiger partial charge in [0.25, 0.3) is 5.91 Å². The summed E-state index contributed by atoms with van der Waals surface area (Å²) in [5, 5.41) is 10.9. The monoisotopic (exact) mass is 593 g/mol. The molecular formula is C36H43N5O3. The lowest BCUT2D eigenvalue weighted by atomic mass is 9.85. The van der Waals surface area contributed by atoms with Crippen molar-refractivity contribution in [1.29, 1.82) is 0 Å². The molecule has 6 rings (SSSR count). The number of aromatic nitrogens is 2. The summed E-state index contributed by atoms with van der Waals surface area (Å²) in [6.07, 6.45) is 5.03. The number of anilines is 2. The van der Waals surface area contributed by atoms with E-state index in [-0.39, 0.29) is 29.4 Å². The Morgan fingerprint density at radius 2 is 1.64 bits per heavy atom. The van der Waals surface area contributed by atoms with Crippen LogP contribution in [0.1, 0.15) is 85.2 Å². The number of benzene rings is 2. The maximum Gasteiger partial charge on any atom is 0.324 e. The van der Waals surface area contributed by atoms with Gasteiger partial charge in [-0.05, 0) is 94.7 Å². The Hall–Kier alpha value is -4.33. The van der Waals surface area contributed by atoms with Gasteiger partial charge in [-0.2, -0.15) is 5.10 Å². The first-order chi connectivity index (χ1) is 20.9. The highest BCUT2D eigenvalue weighted by Crippen LogP contribution is 2.41. The highest BCUT2D eigenvalue weighted by atomic mass is 16.3. The zero-order chi connectivity index (χ0) is 31.2. The fourth-order valence-corrected chi connectivity index (χ4v) is 6.88. The molecule has 230 valence electrons. The molecule has 2 unspecified atom stereocenters. The number of fused-ring (bicyclic) bond motifs is 2. The van der Waals surface area contributed by atoms with Crippen LogP contribution in [0.5, 0.6) is 0 Å². The lowest BCUT2D eigenvalue weighted by Gasteiger charge is -2.39. The van der Waals surface area contributed by atoms with E-state index in [1.165, 1.54) is 5.56 Å². The molecule has 2 fully saturated rings. The largest absolute Gasteiger partial charge is 0.466 e. The van der Waals surface area contributed by atoms with Crippen LogP contribution >= 0.6 is 0 Å². The van der Waals surface area contributed by atoms with Crippen LogP contribution in [0.3, 0.4) is 0 Å². The van der Waals surface area contributed by atoms with E-state index in [4.69, 9.17) is 9.52 Å². The summed E-state index contributed by atoms with van der Waals surface area (Å²) >= 11 is 0. The molecule has 2 aliphatic heterocycles. The molecule has 2 aromatic carbocycles. The standard InChI is InChI=1S/C36H43N5O3/c1-22-10-12-28(13-11-22)41-33(21-32(39-41)36(4,5)6)38-35(43)37-27-9-7-8-25(18-27)17-26-19-29-14-15-30(20-26)40(29)34(42)31-16-23(2)44-24(31)3/h7-13,16,18,21,26,29-30H,14-15,17,19-20H2,1-6H3,(H2,37,38,43). The third-order valence-corrected chi connectivity index (χ3v) is 9.04. The quantitative estimate of drug-likeness (QED) is 0.237. The van der Waals surface area contributed by atoms with E-state index in [1.54, 1.807) is 4.68 Å². The van der Waals surface area contributed by atoms with E-state index in [1.807, 2.05) is 69.3 Å². The van der Waals surface area contributed by atoms with E-state index < -0.39 is 0 Å². The normalized spacial score (nSPS) is 19.7. The van der Waals surface area contributed by atoms with Crippen LogP contribution in [0.15, 0.2) is 65.1 Å². The summed E-state index contributed by atoms with van der Waals surface area (Å²) in [5.74, 6) is 2.71. The molecule has 4 aromatic rings. The number of hydrogen-bond acceptors (Lipinski definition) is 4. The summed E-state index contributed by atoms with van der Waals surface area (Å²) in [5.41, 5.74) is 5.41. The number of hydrogen-bond donors (Lipinski definition) is 2. The summed E-state index contributed by atoms with van der Waals surface area (Å²) < 4.78 is 7.44. The third kappa shape index (κ3) is 6.16. The van der Waals surface area contributed by atoms with E-state index >= 15 is 0 Å². The molecule has 4 heterocycles. The predicted octanol–water partition coefficient (Wildman–Crippen LogP) is 7.96. The first-order valence-corrected chi connectivity index (χ1v) is 15.7. The molecule has 2 saturated heterocycles. The van der Waals surface area contributed by atoms with Crippen LogP contribution in [0.2, 0.25) is 0 Å². The fraction of sp³-hybridized carbons (Fsp3) is 0.417. The van der Waals surface area contributed by atoms with E-state index in [2.05, 4.69) is 48.4 Å². The van der Waals surface area contributed by atoms with Crippen LogP contribution in [0, 0.1) is 26.7 Å². The van der Waals surface area contributed by atoms with Crippen molar-refractivity contribution >= 4 is 23.4 Å². The summed E-state index contributed by atoms with van der Waals surface area (Å²) in [4.78, 5) is 28.8. The van der Waals surface area contributed by atoms with Gasteiger partial charge in [-0.1, -0.05) is 50.6 Å². The second-order valence-electron chi connectivity index (χ2n) is 13.7. The van der Waals surface area contributed by atoms with Crippen molar-refractivity contribution in [2.45, 2.75) is 91.1 Å². The van der Waals surface area contributed by atoms with Crippen molar-refractivity contribution < 1.29 is 14.0 Å². The third-order valence-electron chi connectivity index (χ3n) is 9.04. The second kappa shape index (κ2) is 11.6. The first-order valence-electron chi connectivity index (χ1n) is 15.7. The number of nitrogens with one attached hydrogen (secondary N) is 2. The average molecular weight is 594 g/mol. The number of rotatable bonds is 6. The van der Waals surface area contributed by atoms with Crippen molar-refractivity contribution in [1.82, 2.24) is 14.7 Å². The van der Waals surface area contributed by atoms with Crippen molar-refractivity contribution in [3.63, 3.8) is 0 Å². The Morgan fingerprint density at radius 3 is 2.27 bits per heavy atom. The highest BCUT2D eigenvalue weighted by molar-refractivity contribution is 5.99. The zero-order valence-corrected chi connectivity index (χ0v) is 26.6. The molecule has 2 bridgehead atoms. The van der Waals surface area contributed by atoms with Gasteiger partial charge in [0, 0.05) is 29.3 Å². The molecule has 0 aliphatic carbocycles. The van der Waals surface area contributed by atoms with Gasteiger partial charge in [-0.3, -0.25) is 10.1 Å². The number of carbonyl (C=O) groups excluding carboxylic acids is 2. The van der Waals surface area contributed by atoms with Crippen LogP contribution < -0.4 is 10.6 Å². The Balaban J connectivity index is 1.11. The lowest BCUT2D eigenvalue weighted by molar-refractivity contribution is 0.0523. The van der Waals surface area contributed by atoms with E-state index in [9.17, 15) is 9.59 Å². The van der Waals surface area contributed by atoms with Crippen molar-refractivity contribution in [3.8, 4) is 5.69 Å². The summed E-state index contributed by atoms with van der Waals surface area (Å²) in [6.45, 7) is 12.1. The summed E-state index contributed by atoms with van der Waals surface area (Å²) in [7, 11) is 0. The van der Waals surface area contributed by atoms with E-state index in [0.717, 1.165) is 60.5 Å².